The first-order chi connectivity index (χ1) is 13.7. The summed E-state index contributed by atoms with van der Waals surface area (Å²) in [6.07, 6.45) is 8.87. The van der Waals surface area contributed by atoms with Gasteiger partial charge in [-0.05, 0) is 74.0 Å². The molecular weight excluding hydrogens is 344 g/mol. The van der Waals surface area contributed by atoms with Crippen LogP contribution in [0.15, 0.2) is 48.5 Å². The molecule has 3 heteroatoms. The number of amides is 2. The Kier molecular flexibility index (Phi) is 7.53. The first kappa shape index (κ1) is 20.4. The van der Waals surface area contributed by atoms with Gasteiger partial charge in [-0.15, -0.1) is 0 Å². The molecule has 0 spiro atoms. The average Bonchev–Trinajstić information content (AvgIpc) is 2.74. The van der Waals surface area contributed by atoms with Crippen molar-refractivity contribution in [3.05, 3.63) is 65.2 Å². The van der Waals surface area contributed by atoms with Gasteiger partial charge in [0.05, 0.1) is 0 Å². The molecule has 0 aliphatic heterocycles. The maximum absolute atomic E-state index is 12.6. The molecule has 0 heterocycles. The summed E-state index contributed by atoms with van der Waals surface area (Å²) in [5.41, 5.74) is 4.85. The van der Waals surface area contributed by atoms with E-state index in [4.69, 9.17) is 0 Å². The van der Waals surface area contributed by atoms with Crippen molar-refractivity contribution in [3.8, 4) is 0 Å². The molecule has 1 fully saturated rings. The molecule has 1 aliphatic carbocycles. The number of hydrogen-bond acceptors (Lipinski definition) is 1. The molecule has 2 N–H and O–H groups in total. The summed E-state index contributed by atoms with van der Waals surface area (Å²) in [6.45, 7) is 4.27. The Bertz CT molecular complexity index is 726. The molecule has 1 saturated carbocycles. The van der Waals surface area contributed by atoms with Gasteiger partial charge in [0.15, 0.2) is 0 Å². The van der Waals surface area contributed by atoms with E-state index in [0.29, 0.717) is 6.04 Å². The van der Waals surface area contributed by atoms with E-state index in [0.717, 1.165) is 43.7 Å². The van der Waals surface area contributed by atoms with Crippen LogP contribution in [0.2, 0.25) is 0 Å². The lowest BCUT2D eigenvalue weighted by molar-refractivity contribution is 0.236. The monoisotopic (exact) mass is 378 g/mol. The number of carbonyl (C=O) groups is 1. The number of para-hydroxylation sites is 1. The van der Waals surface area contributed by atoms with E-state index >= 15 is 0 Å². The molecule has 2 amide bonds. The largest absolute Gasteiger partial charge is 0.335 e. The van der Waals surface area contributed by atoms with Crippen molar-refractivity contribution in [2.45, 2.75) is 71.3 Å². The maximum atomic E-state index is 12.6. The van der Waals surface area contributed by atoms with Crippen LogP contribution in [0.3, 0.4) is 0 Å². The smallest absolute Gasteiger partial charge is 0.319 e. The van der Waals surface area contributed by atoms with Gasteiger partial charge >= 0.3 is 6.03 Å². The van der Waals surface area contributed by atoms with Crippen LogP contribution in [0, 0.1) is 5.92 Å². The van der Waals surface area contributed by atoms with Crippen LogP contribution in [0.5, 0.6) is 0 Å². The summed E-state index contributed by atoms with van der Waals surface area (Å²) in [6, 6.07) is 17.3. The van der Waals surface area contributed by atoms with E-state index in [1.165, 1.54) is 36.0 Å². The predicted octanol–water partition coefficient (Wildman–Crippen LogP) is 6.12. The van der Waals surface area contributed by atoms with Crippen LogP contribution in [0.4, 0.5) is 10.5 Å². The van der Waals surface area contributed by atoms with E-state index in [9.17, 15) is 4.79 Å². The molecule has 0 unspecified atom stereocenters. The Morgan fingerprint density at radius 1 is 0.893 bits per heavy atom. The van der Waals surface area contributed by atoms with E-state index in [1.54, 1.807) is 0 Å². The first-order valence-electron chi connectivity index (χ1n) is 10.9. The van der Waals surface area contributed by atoms with Crippen molar-refractivity contribution in [3.63, 3.8) is 0 Å². The highest BCUT2D eigenvalue weighted by molar-refractivity contribution is 5.91. The number of anilines is 1. The molecule has 1 aliphatic rings. The zero-order chi connectivity index (χ0) is 19.8. The van der Waals surface area contributed by atoms with Gasteiger partial charge in [-0.2, -0.15) is 0 Å². The zero-order valence-corrected chi connectivity index (χ0v) is 17.3. The Balaban J connectivity index is 1.45. The highest BCUT2D eigenvalue weighted by Crippen LogP contribution is 2.28. The lowest BCUT2D eigenvalue weighted by Crippen LogP contribution is -2.40. The van der Waals surface area contributed by atoms with Gasteiger partial charge in [0, 0.05) is 11.7 Å². The van der Waals surface area contributed by atoms with Gasteiger partial charge < -0.3 is 10.6 Å². The van der Waals surface area contributed by atoms with Gasteiger partial charge in [0.1, 0.15) is 0 Å². The molecule has 0 aromatic heterocycles. The third-order valence-electron chi connectivity index (χ3n) is 6.10. The van der Waals surface area contributed by atoms with Crippen LogP contribution in [0.25, 0.3) is 0 Å². The number of aryl methyl sites for hydroxylation is 3. The summed E-state index contributed by atoms with van der Waals surface area (Å²) >= 11 is 0. The molecule has 3 rings (SSSR count). The number of urea groups is 1. The van der Waals surface area contributed by atoms with E-state index < -0.39 is 0 Å². The third kappa shape index (κ3) is 5.60. The van der Waals surface area contributed by atoms with Crippen molar-refractivity contribution in [1.29, 1.82) is 0 Å². The van der Waals surface area contributed by atoms with Gasteiger partial charge in [0.25, 0.3) is 0 Å². The molecule has 3 nitrogen and oxygen atoms in total. The molecule has 0 radical (unpaired) electrons. The van der Waals surface area contributed by atoms with Crippen molar-refractivity contribution in [2.24, 2.45) is 5.92 Å². The highest BCUT2D eigenvalue weighted by Gasteiger charge is 2.22. The van der Waals surface area contributed by atoms with Crippen LogP contribution in [-0.4, -0.2) is 12.1 Å². The Labute approximate surface area is 169 Å². The number of carbonyl (C=O) groups excluding carboxylic acids is 1. The molecule has 28 heavy (non-hydrogen) atoms. The summed E-state index contributed by atoms with van der Waals surface area (Å²) in [7, 11) is 0. The summed E-state index contributed by atoms with van der Waals surface area (Å²) in [5, 5.41) is 6.35. The van der Waals surface area contributed by atoms with Crippen LogP contribution in [-0.2, 0) is 19.3 Å². The number of nitrogens with one attached hydrogen (secondary N) is 2. The fraction of sp³-hybridized carbons (Fsp3) is 0.480. The molecule has 0 saturated heterocycles. The fourth-order valence-corrected chi connectivity index (χ4v) is 4.35. The average molecular weight is 379 g/mol. The van der Waals surface area contributed by atoms with Gasteiger partial charge in [-0.3, -0.25) is 0 Å². The topological polar surface area (TPSA) is 41.1 Å². The quantitative estimate of drug-likeness (QED) is 0.598. The second-order valence-electron chi connectivity index (χ2n) is 8.00. The SMILES string of the molecule is CCc1cccc(CC)c1NC(=O)NC1CCC(CCc2ccccc2)CC1. The zero-order valence-electron chi connectivity index (χ0n) is 17.3. The highest BCUT2D eigenvalue weighted by atomic mass is 16.2. The number of benzene rings is 2. The van der Waals surface area contributed by atoms with Crippen molar-refractivity contribution in [1.82, 2.24) is 5.32 Å². The van der Waals surface area contributed by atoms with Crippen LogP contribution < -0.4 is 10.6 Å². The first-order valence-corrected chi connectivity index (χ1v) is 10.9. The Hall–Kier alpha value is -2.29. The number of hydrogen-bond donors (Lipinski definition) is 2. The minimum Gasteiger partial charge on any atom is -0.335 e. The Morgan fingerprint density at radius 2 is 1.54 bits per heavy atom. The summed E-state index contributed by atoms with van der Waals surface area (Å²) < 4.78 is 0. The molecule has 0 bridgehead atoms. The minimum absolute atomic E-state index is 0.0525. The van der Waals surface area contributed by atoms with E-state index in [-0.39, 0.29) is 6.03 Å². The molecule has 2 aromatic carbocycles. The normalized spacial score (nSPS) is 19.2. The fourth-order valence-electron chi connectivity index (χ4n) is 4.35. The van der Waals surface area contributed by atoms with Crippen molar-refractivity contribution in [2.75, 3.05) is 5.32 Å². The Morgan fingerprint density at radius 3 is 2.14 bits per heavy atom. The van der Waals surface area contributed by atoms with Crippen molar-refractivity contribution < 1.29 is 4.79 Å². The van der Waals surface area contributed by atoms with Gasteiger partial charge in [0.2, 0.25) is 0 Å². The number of rotatable bonds is 7. The maximum Gasteiger partial charge on any atom is 0.319 e. The second-order valence-corrected chi connectivity index (χ2v) is 8.00. The lowest BCUT2D eigenvalue weighted by atomic mass is 9.83. The molecule has 0 atom stereocenters. The third-order valence-corrected chi connectivity index (χ3v) is 6.10. The van der Waals surface area contributed by atoms with Gasteiger partial charge in [-0.1, -0.05) is 62.4 Å². The van der Waals surface area contributed by atoms with Crippen molar-refractivity contribution >= 4 is 11.7 Å². The van der Waals surface area contributed by atoms with Crippen LogP contribution in [0.1, 0.15) is 62.6 Å². The summed E-state index contributed by atoms with van der Waals surface area (Å²) in [5.74, 6) is 0.786. The standard InChI is InChI=1S/C25H34N2O/c1-3-21-11-8-12-22(4-2)24(21)27-25(28)26-23-17-15-20(16-18-23)14-13-19-9-6-5-7-10-19/h5-12,20,23H,3-4,13-18H2,1-2H3,(H2,26,27,28). The molecule has 150 valence electrons. The predicted molar refractivity (Wildman–Crippen MR) is 118 cm³/mol. The van der Waals surface area contributed by atoms with E-state index in [2.05, 4.69) is 73.0 Å². The van der Waals surface area contributed by atoms with Crippen LogP contribution >= 0.6 is 0 Å². The van der Waals surface area contributed by atoms with Gasteiger partial charge in [-0.25, -0.2) is 4.79 Å². The molecular formula is C25H34N2O. The second kappa shape index (κ2) is 10.3. The molecule has 2 aromatic rings. The van der Waals surface area contributed by atoms with E-state index in [1.807, 2.05) is 0 Å². The minimum atomic E-state index is -0.0525. The summed E-state index contributed by atoms with van der Waals surface area (Å²) in [4.78, 5) is 12.6. The lowest BCUT2D eigenvalue weighted by Gasteiger charge is -2.29.